The molecule has 0 heterocycles. The maximum atomic E-state index is 8.00. The highest BCUT2D eigenvalue weighted by Crippen LogP contribution is 2.21. The third-order valence-electron chi connectivity index (χ3n) is 4.43. The smallest absolute Gasteiger partial charge is 0.106 e. The SMILES string of the molecule is C#Cc1ccc2ccccc2c1.C=O.C=O.CCC(C)C(CC)CCN. The van der Waals surface area contributed by atoms with Crippen LogP contribution in [0.25, 0.3) is 10.8 Å². The molecule has 2 atom stereocenters. The maximum absolute atomic E-state index is 8.00. The first kappa shape index (κ1) is 25.8. The molecule has 142 valence electrons. The van der Waals surface area contributed by atoms with Crippen LogP contribution in [0.1, 0.15) is 45.6 Å². The van der Waals surface area contributed by atoms with Gasteiger partial charge in [0.1, 0.15) is 13.6 Å². The summed E-state index contributed by atoms with van der Waals surface area (Å²) in [5.74, 6) is 4.33. The van der Waals surface area contributed by atoms with E-state index in [0.717, 1.165) is 23.9 Å². The molecule has 0 aromatic heterocycles. The molecule has 0 bridgehead atoms. The second-order valence-electron chi connectivity index (χ2n) is 5.84. The van der Waals surface area contributed by atoms with Crippen molar-refractivity contribution in [3.8, 4) is 12.3 Å². The van der Waals surface area contributed by atoms with Crippen molar-refractivity contribution in [2.24, 2.45) is 17.6 Å². The van der Waals surface area contributed by atoms with Crippen LogP contribution in [0.5, 0.6) is 0 Å². The fourth-order valence-corrected chi connectivity index (χ4v) is 2.72. The molecule has 0 aliphatic rings. The zero-order chi connectivity index (χ0) is 20.4. The number of rotatable bonds is 5. The summed E-state index contributed by atoms with van der Waals surface area (Å²) >= 11 is 0. The van der Waals surface area contributed by atoms with E-state index in [4.69, 9.17) is 21.7 Å². The molecule has 2 unspecified atom stereocenters. The minimum absolute atomic E-state index is 0.850. The summed E-state index contributed by atoms with van der Waals surface area (Å²) in [5, 5.41) is 2.43. The average molecular weight is 356 g/mol. The van der Waals surface area contributed by atoms with E-state index >= 15 is 0 Å². The molecule has 0 aliphatic heterocycles. The highest BCUT2D eigenvalue weighted by Gasteiger charge is 2.11. The van der Waals surface area contributed by atoms with Crippen LogP contribution in [0.15, 0.2) is 42.5 Å². The van der Waals surface area contributed by atoms with Gasteiger partial charge in [-0.15, -0.1) is 6.42 Å². The molecule has 0 amide bonds. The van der Waals surface area contributed by atoms with Gasteiger partial charge in [-0.05, 0) is 47.7 Å². The van der Waals surface area contributed by atoms with Gasteiger partial charge in [-0.1, -0.05) is 69.9 Å². The molecular formula is C23H33NO2. The van der Waals surface area contributed by atoms with E-state index in [1.807, 2.05) is 43.9 Å². The molecular weight excluding hydrogens is 322 g/mol. The minimum Gasteiger partial charge on any atom is -0.330 e. The van der Waals surface area contributed by atoms with Gasteiger partial charge in [-0.2, -0.15) is 0 Å². The molecule has 2 rings (SSSR count). The fourth-order valence-electron chi connectivity index (χ4n) is 2.72. The molecule has 0 aliphatic carbocycles. The van der Waals surface area contributed by atoms with E-state index < -0.39 is 0 Å². The van der Waals surface area contributed by atoms with Crippen molar-refractivity contribution in [2.75, 3.05) is 6.54 Å². The number of hydrogen-bond donors (Lipinski definition) is 1. The lowest BCUT2D eigenvalue weighted by atomic mass is 9.87. The Morgan fingerprint density at radius 3 is 2.04 bits per heavy atom. The van der Waals surface area contributed by atoms with Gasteiger partial charge in [0.25, 0.3) is 0 Å². The summed E-state index contributed by atoms with van der Waals surface area (Å²) in [7, 11) is 0. The van der Waals surface area contributed by atoms with Gasteiger partial charge in [0.2, 0.25) is 0 Å². The number of carbonyl (C=O) groups is 2. The fraction of sp³-hybridized carbons (Fsp3) is 0.391. The number of hydrogen-bond acceptors (Lipinski definition) is 3. The Labute approximate surface area is 159 Å². The van der Waals surface area contributed by atoms with Crippen molar-refractivity contribution >= 4 is 24.4 Å². The Kier molecular flexibility index (Phi) is 17.2. The Bertz CT molecular complexity index is 631. The van der Waals surface area contributed by atoms with Crippen LogP contribution >= 0.6 is 0 Å². The second kappa shape index (κ2) is 17.4. The monoisotopic (exact) mass is 355 g/mol. The van der Waals surface area contributed by atoms with Crippen molar-refractivity contribution in [3.05, 3.63) is 48.0 Å². The zero-order valence-electron chi connectivity index (χ0n) is 16.4. The largest absolute Gasteiger partial charge is 0.330 e. The van der Waals surface area contributed by atoms with Crippen LogP contribution in [-0.2, 0) is 9.59 Å². The summed E-state index contributed by atoms with van der Waals surface area (Å²) in [6, 6.07) is 14.2. The van der Waals surface area contributed by atoms with E-state index in [9.17, 15) is 0 Å². The number of carbonyl (C=O) groups excluding carboxylic acids is 2. The molecule has 0 spiro atoms. The van der Waals surface area contributed by atoms with Gasteiger partial charge in [0, 0.05) is 5.56 Å². The molecule has 2 aromatic rings. The van der Waals surface area contributed by atoms with Gasteiger partial charge in [0.05, 0.1) is 0 Å². The molecule has 0 saturated carbocycles. The van der Waals surface area contributed by atoms with E-state index in [-0.39, 0.29) is 0 Å². The topological polar surface area (TPSA) is 60.2 Å². The van der Waals surface area contributed by atoms with E-state index in [2.05, 4.69) is 38.8 Å². The summed E-state index contributed by atoms with van der Waals surface area (Å²) in [4.78, 5) is 16.0. The summed E-state index contributed by atoms with van der Waals surface area (Å²) in [6.07, 6.45) is 9.06. The Balaban J connectivity index is 0. The molecule has 3 heteroatoms. The number of benzene rings is 2. The van der Waals surface area contributed by atoms with Crippen molar-refractivity contribution < 1.29 is 9.59 Å². The van der Waals surface area contributed by atoms with Gasteiger partial charge in [-0.25, -0.2) is 0 Å². The first-order chi connectivity index (χ1) is 12.7. The summed E-state index contributed by atoms with van der Waals surface area (Å²) in [5.41, 5.74) is 6.44. The van der Waals surface area contributed by atoms with Gasteiger partial charge in [-0.3, -0.25) is 0 Å². The van der Waals surface area contributed by atoms with Crippen molar-refractivity contribution in [1.82, 2.24) is 0 Å². The standard InChI is InChI=1S/C12H8.C9H21N.2CH2O/c1-2-10-7-8-11-5-3-4-6-12(11)9-10;1-4-8(3)9(5-2)6-7-10;2*1-2/h1,3-9H;8-9H,4-7,10H2,1-3H3;2*1H2. The van der Waals surface area contributed by atoms with Crippen LogP contribution in [0.3, 0.4) is 0 Å². The quantitative estimate of drug-likeness (QED) is 0.779. The van der Waals surface area contributed by atoms with E-state index in [1.165, 1.54) is 30.0 Å². The third-order valence-corrected chi connectivity index (χ3v) is 4.43. The van der Waals surface area contributed by atoms with Crippen LogP contribution in [-0.4, -0.2) is 20.1 Å². The summed E-state index contributed by atoms with van der Waals surface area (Å²) in [6.45, 7) is 11.7. The van der Waals surface area contributed by atoms with E-state index in [0.29, 0.717) is 0 Å². The van der Waals surface area contributed by atoms with Crippen molar-refractivity contribution in [3.63, 3.8) is 0 Å². The van der Waals surface area contributed by atoms with Gasteiger partial charge < -0.3 is 15.3 Å². The van der Waals surface area contributed by atoms with Crippen LogP contribution in [0.2, 0.25) is 0 Å². The Hall–Kier alpha value is -2.44. The lowest BCUT2D eigenvalue weighted by molar-refractivity contribution is -0.0987. The molecule has 2 aromatic carbocycles. The highest BCUT2D eigenvalue weighted by atomic mass is 16.1. The maximum Gasteiger partial charge on any atom is 0.106 e. The van der Waals surface area contributed by atoms with Crippen LogP contribution < -0.4 is 5.73 Å². The normalized spacial score (nSPS) is 11.2. The van der Waals surface area contributed by atoms with E-state index in [1.54, 1.807) is 0 Å². The predicted octanol–water partition coefficient (Wildman–Crippen LogP) is 4.86. The number of fused-ring (bicyclic) bond motifs is 1. The lowest BCUT2D eigenvalue weighted by Crippen LogP contribution is -2.14. The lowest BCUT2D eigenvalue weighted by Gasteiger charge is -2.20. The van der Waals surface area contributed by atoms with Crippen molar-refractivity contribution in [2.45, 2.75) is 40.0 Å². The molecule has 26 heavy (non-hydrogen) atoms. The van der Waals surface area contributed by atoms with Crippen molar-refractivity contribution in [1.29, 1.82) is 0 Å². The number of terminal acetylenes is 1. The Morgan fingerprint density at radius 1 is 1.00 bits per heavy atom. The first-order valence-electron chi connectivity index (χ1n) is 8.89. The molecule has 0 fully saturated rings. The zero-order valence-corrected chi connectivity index (χ0v) is 16.4. The van der Waals surface area contributed by atoms with Crippen LogP contribution in [0, 0.1) is 24.2 Å². The van der Waals surface area contributed by atoms with Gasteiger partial charge in [0.15, 0.2) is 0 Å². The number of nitrogens with two attached hydrogens (primary N) is 1. The molecule has 0 radical (unpaired) electrons. The average Bonchev–Trinajstić information content (AvgIpc) is 2.74. The Morgan fingerprint density at radius 2 is 1.58 bits per heavy atom. The highest BCUT2D eigenvalue weighted by molar-refractivity contribution is 5.83. The van der Waals surface area contributed by atoms with Gasteiger partial charge >= 0.3 is 0 Å². The molecule has 2 N–H and O–H groups in total. The van der Waals surface area contributed by atoms with Crippen LogP contribution in [0.4, 0.5) is 0 Å². The second-order valence-corrected chi connectivity index (χ2v) is 5.84. The molecule has 0 saturated heterocycles. The minimum atomic E-state index is 0.850. The third kappa shape index (κ3) is 9.76. The summed E-state index contributed by atoms with van der Waals surface area (Å²) < 4.78 is 0. The predicted molar refractivity (Wildman–Crippen MR) is 113 cm³/mol. The first-order valence-corrected chi connectivity index (χ1v) is 8.89. The molecule has 3 nitrogen and oxygen atoms in total.